The zero-order chi connectivity index (χ0) is 16.4. The predicted molar refractivity (Wildman–Crippen MR) is 98.7 cm³/mol. The Morgan fingerprint density at radius 2 is 2.22 bits per heavy atom. The second kappa shape index (κ2) is 6.78. The monoisotopic (exact) mass is 364 g/mol. The molecule has 23 heavy (non-hydrogen) atoms. The average Bonchev–Trinajstić information content (AvgIpc) is 3.16. The van der Waals surface area contributed by atoms with Crippen LogP contribution < -0.4 is 9.64 Å². The number of benzene rings is 1. The smallest absolute Gasteiger partial charge is 0.283 e. The number of hydrogen-bond donors (Lipinski definition) is 0. The minimum atomic E-state index is -0.163. The van der Waals surface area contributed by atoms with Crippen LogP contribution in [0.15, 0.2) is 46.4 Å². The van der Waals surface area contributed by atoms with Crippen LogP contribution in [-0.4, -0.2) is 24.4 Å². The van der Waals surface area contributed by atoms with Crippen molar-refractivity contribution in [2.24, 2.45) is 4.99 Å². The van der Waals surface area contributed by atoms with E-state index in [1.54, 1.807) is 47.6 Å². The third-order valence-corrected chi connectivity index (χ3v) is 4.98. The van der Waals surface area contributed by atoms with E-state index in [0.29, 0.717) is 27.3 Å². The van der Waals surface area contributed by atoms with Crippen LogP contribution in [0.2, 0.25) is 5.02 Å². The molecule has 1 aromatic carbocycles. The lowest BCUT2D eigenvalue weighted by molar-refractivity contribution is -0.113. The molecule has 1 aliphatic heterocycles. The van der Waals surface area contributed by atoms with Gasteiger partial charge in [0.15, 0.2) is 5.17 Å². The summed E-state index contributed by atoms with van der Waals surface area (Å²) in [6.07, 6.45) is 3.69. The number of carbonyl (C=O) groups excluding carboxylic acids is 1. The molecule has 3 rings (SSSR count). The van der Waals surface area contributed by atoms with Gasteiger partial charge in [-0.25, -0.2) is 4.99 Å². The van der Waals surface area contributed by atoms with Gasteiger partial charge in [0.2, 0.25) is 0 Å². The van der Waals surface area contributed by atoms with Gasteiger partial charge in [0.1, 0.15) is 11.4 Å². The van der Waals surface area contributed by atoms with Crippen LogP contribution in [0.4, 0.5) is 5.69 Å². The minimum Gasteiger partial charge on any atom is -0.495 e. The number of amidine groups is 1. The van der Waals surface area contributed by atoms with Crippen molar-refractivity contribution in [2.75, 3.05) is 18.3 Å². The number of carbonyl (C=O) groups is 1. The highest BCUT2D eigenvalue weighted by atomic mass is 35.5. The highest BCUT2D eigenvalue weighted by molar-refractivity contribution is 8.13. The van der Waals surface area contributed by atoms with Crippen molar-refractivity contribution in [3.63, 3.8) is 0 Å². The SMILES string of the molecule is COc1ccc(N2C(=O)/C(=C\c3cccs3)N=C2SC)cc1Cl. The van der Waals surface area contributed by atoms with Gasteiger partial charge in [-0.05, 0) is 42.0 Å². The largest absolute Gasteiger partial charge is 0.495 e. The molecule has 4 nitrogen and oxygen atoms in total. The van der Waals surface area contributed by atoms with Gasteiger partial charge >= 0.3 is 0 Å². The highest BCUT2D eigenvalue weighted by Gasteiger charge is 2.31. The maximum Gasteiger partial charge on any atom is 0.283 e. The first-order valence-corrected chi connectivity index (χ1v) is 9.18. The first kappa shape index (κ1) is 16.1. The first-order valence-electron chi connectivity index (χ1n) is 6.70. The molecule has 118 valence electrons. The van der Waals surface area contributed by atoms with Crippen molar-refractivity contribution in [1.82, 2.24) is 0 Å². The Morgan fingerprint density at radius 3 is 2.83 bits per heavy atom. The molecule has 0 aliphatic carbocycles. The Hall–Kier alpha value is -1.76. The summed E-state index contributed by atoms with van der Waals surface area (Å²) in [5.41, 5.74) is 1.09. The van der Waals surface area contributed by atoms with Gasteiger partial charge in [-0.3, -0.25) is 9.69 Å². The van der Waals surface area contributed by atoms with E-state index >= 15 is 0 Å². The molecular weight excluding hydrogens is 352 g/mol. The summed E-state index contributed by atoms with van der Waals surface area (Å²) in [5, 5.41) is 3.04. The Labute approximate surface area is 147 Å². The lowest BCUT2D eigenvalue weighted by Crippen LogP contribution is -2.30. The number of methoxy groups -OCH3 is 1. The number of nitrogens with zero attached hydrogens (tertiary/aromatic N) is 2. The molecule has 2 aromatic rings. The van der Waals surface area contributed by atoms with Gasteiger partial charge in [0.25, 0.3) is 5.91 Å². The molecule has 2 heterocycles. The van der Waals surface area contributed by atoms with Crippen LogP contribution in [0.3, 0.4) is 0 Å². The zero-order valence-electron chi connectivity index (χ0n) is 12.4. The summed E-state index contributed by atoms with van der Waals surface area (Å²) in [6, 6.07) is 9.13. The van der Waals surface area contributed by atoms with Gasteiger partial charge in [-0.2, -0.15) is 0 Å². The molecule has 7 heteroatoms. The van der Waals surface area contributed by atoms with E-state index in [1.807, 2.05) is 23.8 Å². The van der Waals surface area contributed by atoms with E-state index < -0.39 is 0 Å². The summed E-state index contributed by atoms with van der Waals surface area (Å²) in [5.74, 6) is 0.406. The topological polar surface area (TPSA) is 41.9 Å². The van der Waals surface area contributed by atoms with E-state index in [-0.39, 0.29) is 5.91 Å². The molecule has 0 atom stereocenters. The van der Waals surface area contributed by atoms with Crippen molar-refractivity contribution >= 4 is 57.5 Å². The normalized spacial score (nSPS) is 16.1. The molecule has 0 unspecified atom stereocenters. The van der Waals surface area contributed by atoms with E-state index in [9.17, 15) is 4.79 Å². The quantitative estimate of drug-likeness (QED) is 0.752. The van der Waals surface area contributed by atoms with Crippen molar-refractivity contribution in [3.05, 3.63) is 51.3 Å². The molecular formula is C16H13ClN2O2S2. The summed E-state index contributed by atoms with van der Waals surface area (Å²) in [7, 11) is 1.55. The summed E-state index contributed by atoms with van der Waals surface area (Å²) in [4.78, 5) is 19.7. The standard InChI is InChI=1S/C16H13ClN2O2S2/c1-21-14-6-5-10(8-12(14)17)19-15(20)13(18-16(19)22-2)9-11-4-3-7-23-11/h3-9H,1-2H3/b13-9+. The number of aliphatic imine (C=N–C) groups is 1. The van der Waals surface area contributed by atoms with Gasteiger partial charge < -0.3 is 4.74 Å². The third-order valence-electron chi connectivity index (χ3n) is 3.23. The number of amides is 1. The summed E-state index contributed by atoms with van der Waals surface area (Å²) in [6.45, 7) is 0. The van der Waals surface area contributed by atoms with Crippen LogP contribution >= 0.6 is 34.7 Å². The maximum atomic E-state index is 12.7. The Morgan fingerprint density at radius 1 is 1.39 bits per heavy atom. The number of anilines is 1. The highest BCUT2D eigenvalue weighted by Crippen LogP contribution is 2.34. The fourth-order valence-electron chi connectivity index (χ4n) is 2.16. The van der Waals surface area contributed by atoms with Crippen molar-refractivity contribution in [2.45, 2.75) is 0 Å². The number of hydrogen-bond acceptors (Lipinski definition) is 5. The molecule has 0 bridgehead atoms. The van der Waals surface area contributed by atoms with Crippen molar-refractivity contribution < 1.29 is 9.53 Å². The molecule has 0 saturated carbocycles. The number of thiophene rings is 1. The molecule has 0 spiro atoms. The fourth-order valence-corrected chi connectivity index (χ4v) is 3.63. The third kappa shape index (κ3) is 3.15. The first-order chi connectivity index (χ1) is 11.1. The van der Waals surface area contributed by atoms with Gasteiger partial charge in [0, 0.05) is 4.88 Å². The van der Waals surface area contributed by atoms with Gasteiger partial charge in [-0.15, -0.1) is 11.3 Å². The predicted octanol–water partition coefficient (Wildman–Crippen LogP) is 4.52. The summed E-state index contributed by atoms with van der Waals surface area (Å²) >= 11 is 9.15. The second-order valence-corrected chi connectivity index (χ2v) is 6.76. The number of thioether (sulfide) groups is 1. The molecule has 1 aliphatic rings. The van der Waals surface area contributed by atoms with E-state index in [2.05, 4.69) is 4.99 Å². The Bertz CT molecular complexity index is 800. The number of halogens is 1. The van der Waals surface area contributed by atoms with Crippen LogP contribution in [0.1, 0.15) is 4.88 Å². The van der Waals surface area contributed by atoms with Gasteiger partial charge in [0.05, 0.1) is 17.8 Å². The zero-order valence-corrected chi connectivity index (χ0v) is 14.8. The van der Waals surface area contributed by atoms with Crippen LogP contribution in [0.5, 0.6) is 5.75 Å². The molecule has 0 saturated heterocycles. The van der Waals surface area contributed by atoms with E-state index in [1.165, 1.54) is 11.8 Å². The lowest BCUT2D eigenvalue weighted by Gasteiger charge is -2.17. The second-order valence-electron chi connectivity index (χ2n) is 4.60. The fraction of sp³-hybridized carbons (Fsp3) is 0.125. The molecule has 0 N–H and O–H groups in total. The number of ether oxygens (including phenoxy) is 1. The van der Waals surface area contributed by atoms with Crippen LogP contribution in [0, 0.1) is 0 Å². The Kier molecular flexibility index (Phi) is 4.75. The molecule has 1 amide bonds. The molecule has 0 radical (unpaired) electrons. The average molecular weight is 365 g/mol. The van der Waals surface area contributed by atoms with Gasteiger partial charge in [-0.1, -0.05) is 29.4 Å². The van der Waals surface area contributed by atoms with Crippen molar-refractivity contribution in [1.29, 1.82) is 0 Å². The van der Waals surface area contributed by atoms with Crippen LogP contribution in [0.25, 0.3) is 6.08 Å². The number of rotatable bonds is 3. The molecule has 0 fully saturated rings. The Balaban J connectivity index is 1.98. The minimum absolute atomic E-state index is 0.163. The van der Waals surface area contributed by atoms with Crippen molar-refractivity contribution in [3.8, 4) is 5.75 Å². The lowest BCUT2D eigenvalue weighted by atomic mass is 10.2. The van der Waals surface area contributed by atoms with E-state index in [4.69, 9.17) is 16.3 Å². The summed E-state index contributed by atoms with van der Waals surface area (Å²) < 4.78 is 5.15. The van der Waals surface area contributed by atoms with E-state index in [0.717, 1.165) is 4.88 Å². The molecule has 1 aromatic heterocycles. The van der Waals surface area contributed by atoms with Crippen LogP contribution in [-0.2, 0) is 4.79 Å². The maximum absolute atomic E-state index is 12.7.